The number of nitrogens with zero attached hydrogens (tertiary/aromatic N) is 1. The number of sulfonamides is 1. The number of rotatable bonds is 6. The van der Waals surface area contributed by atoms with Crippen LogP contribution in [0.4, 0.5) is 0 Å². The Hall–Kier alpha value is -2.22. The van der Waals surface area contributed by atoms with E-state index in [0.29, 0.717) is 25.2 Å². The zero-order valence-corrected chi connectivity index (χ0v) is 16.1. The first-order valence-electron chi connectivity index (χ1n) is 8.85. The maximum Gasteiger partial charge on any atom is 0.338 e. The van der Waals surface area contributed by atoms with Gasteiger partial charge in [0.05, 0.1) is 18.4 Å². The van der Waals surface area contributed by atoms with Crippen molar-refractivity contribution in [1.82, 2.24) is 4.31 Å². The van der Waals surface area contributed by atoms with E-state index in [0.717, 1.165) is 5.56 Å². The molecule has 6 nitrogen and oxygen atoms in total. The number of esters is 1. The molecule has 3 rings (SSSR count). The lowest BCUT2D eigenvalue weighted by molar-refractivity contribution is 0.0600. The molecule has 1 aliphatic heterocycles. The molecule has 7 heteroatoms. The third kappa shape index (κ3) is 4.21. The van der Waals surface area contributed by atoms with Crippen LogP contribution in [-0.4, -0.2) is 45.4 Å². The van der Waals surface area contributed by atoms with Crippen molar-refractivity contribution in [2.45, 2.75) is 11.7 Å². The molecule has 0 unspecified atom stereocenters. The normalized spacial score (nSPS) is 20.5. The number of carbonyl (C=O) groups excluding carboxylic acids is 1. The van der Waals surface area contributed by atoms with Crippen LogP contribution in [0.5, 0.6) is 0 Å². The number of nitrogens with two attached hydrogens (primary N) is 1. The molecule has 1 aliphatic rings. The molecule has 0 radical (unpaired) electrons. The lowest BCUT2D eigenvalue weighted by atomic mass is 9.89. The molecule has 0 saturated carbocycles. The fourth-order valence-corrected chi connectivity index (χ4v) is 5.25. The van der Waals surface area contributed by atoms with Crippen LogP contribution in [0.15, 0.2) is 54.6 Å². The first-order valence-corrected chi connectivity index (χ1v) is 10.5. The minimum Gasteiger partial charge on any atom is -0.465 e. The maximum absolute atomic E-state index is 13.0. The van der Waals surface area contributed by atoms with E-state index in [1.807, 2.05) is 30.3 Å². The summed E-state index contributed by atoms with van der Waals surface area (Å²) in [5, 5.41) is 0. The number of methoxy groups -OCH3 is 1. The first kappa shape index (κ1) is 19.5. The highest BCUT2D eigenvalue weighted by Crippen LogP contribution is 2.34. The summed E-state index contributed by atoms with van der Waals surface area (Å²) in [4.78, 5) is 11.9. The Morgan fingerprint density at radius 3 is 2.44 bits per heavy atom. The second-order valence-corrected chi connectivity index (χ2v) is 8.70. The molecule has 2 atom stereocenters. The first-order chi connectivity index (χ1) is 13.0. The predicted molar refractivity (Wildman–Crippen MR) is 104 cm³/mol. The van der Waals surface area contributed by atoms with Crippen LogP contribution in [0.2, 0.25) is 0 Å². The quantitative estimate of drug-likeness (QED) is 0.764. The molecule has 27 heavy (non-hydrogen) atoms. The van der Waals surface area contributed by atoms with Crippen molar-refractivity contribution in [1.29, 1.82) is 0 Å². The Morgan fingerprint density at radius 1 is 1.11 bits per heavy atom. The molecule has 1 fully saturated rings. The van der Waals surface area contributed by atoms with Gasteiger partial charge in [-0.05, 0) is 29.7 Å². The van der Waals surface area contributed by atoms with Crippen LogP contribution in [0.3, 0.4) is 0 Å². The fraction of sp³-hybridized carbons (Fsp3) is 0.350. The molecule has 0 spiro atoms. The van der Waals surface area contributed by atoms with E-state index < -0.39 is 16.0 Å². The Labute approximate surface area is 160 Å². The van der Waals surface area contributed by atoms with Crippen molar-refractivity contribution in [3.8, 4) is 0 Å². The number of carbonyl (C=O) groups is 1. The predicted octanol–water partition coefficient (Wildman–Crippen LogP) is 1.98. The van der Waals surface area contributed by atoms with Gasteiger partial charge in [0.15, 0.2) is 0 Å². The molecule has 0 bridgehead atoms. The van der Waals surface area contributed by atoms with Gasteiger partial charge in [-0.15, -0.1) is 0 Å². The van der Waals surface area contributed by atoms with Gasteiger partial charge in [0.1, 0.15) is 0 Å². The molecule has 2 aromatic carbocycles. The Balaban J connectivity index is 1.83. The summed E-state index contributed by atoms with van der Waals surface area (Å²) >= 11 is 0. The fourth-order valence-electron chi connectivity index (χ4n) is 3.62. The topological polar surface area (TPSA) is 89.7 Å². The number of hydrogen-bond donors (Lipinski definition) is 1. The van der Waals surface area contributed by atoms with Crippen LogP contribution in [0.1, 0.15) is 27.4 Å². The third-order valence-corrected chi connectivity index (χ3v) is 6.85. The van der Waals surface area contributed by atoms with Gasteiger partial charge >= 0.3 is 5.97 Å². The number of hydrogen-bond acceptors (Lipinski definition) is 5. The van der Waals surface area contributed by atoms with Gasteiger partial charge in [0.2, 0.25) is 10.0 Å². The van der Waals surface area contributed by atoms with Gasteiger partial charge in [0.25, 0.3) is 0 Å². The monoisotopic (exact) mass is 388 g/mol. The molecular weight excluding hydrogens is 364 g/mol. The van der Waals surface area contributed by atoms with Crippen molar-refractivity contribution in [2.24, 2.45) is 11.7 Å². The lowest BCUT2D eigenvalue weighted by Crippen LogP contribution is -2.31. The van der Waals surface area contributed by atoms with Crippen molar-refractivity contribution in [3.63, 3.8) is 0 Å². The van der Waals surface area contributed by atoms with Gasteiger partial charge < -0.3 is 10.5 Å². The molecular formula is C20H24N2O4S. The largest absolute Gasteiger partial charge is 0.465 e. The molecule has 0 amide bonds. The van der Waals surface area contributed by atoms with Gasteiger partial charge in [-0.3, -0.25) is 0 Å². The van der Waals surface area contributed by atoms with Gasteiger partial charge in [-0.25, -0.2) is 17.5 Å². The molecule has 2 aromatic rings. The molecule has 1 heterocycles. The minimum atomic E-state index is -3.59. The molecule has 1 saturated heterocycles. The van der Waals surface area contributed by atoms with Crippen molar-refractivity contribution < 1.29 is 17.9 Å². The highest BCUT2D eigenvalue weighted by Gasteiger charge is 2.38. The highest BCUT2D eigenvalue weighted by molar-refractivity contribution is 7.88. The Bertz CT molecular complexity index is 899. The lowest BCUT2D eigenvalue weighted by Gasteiger charge is -2.18. The summed E-state index contributed by atoms with van der Waals surface area (Å²) in [5.74, 6) is -0.638. The Kier molecular flexibility index (Phi) is 5.94. The molecule has 2 N–H and O–H groups in total. The van der Waals surface area contributed by atoms with E-state index in [1.165, 1.54) is 11.4 Å². The smallest absolute Gasteiger partial charge is 0.338 e. The van der Waals surface area contributed by atoms with Crippen molar-refractivity contribution in [3.05, 3.63) is 71.3 Å². The summed E-state index contributed by atoms with van der Waals surface area (Å²) in [7, 11) is -2.31. The Morgan fingerprint density at radius 2 is 1.78 bits per heavy atom. The average Bonchev–Trinajstić information content (AvgIpc) is 3.14. The number of ether oxygens (including phenoxy) is 1. The van der Waals surface area contributed by atoms with E-state index in [9.17, 15) is 13.2 Å². The zero-order valence-electron chi connectivity index (χ0n) is 15.2. The van der Waals surface area contributed by atoms with Crippen molar-refractivity contribution in [2.75, 3.05) is 26.7 Å². The second-order valence-electron chi connectivity index (χ2n) is 6.73. The van der Waals surface area contributed by atoms with E-state index in [1.54, 1.807) is 24.3 Å². The molecule has 0 aliphatic carbocycles. The maximum atomic E-state index is 13.0. The van der Waals surface area contributed by atoms with Crippen LogP contribution in [-0.2, 0) is 20.5 Å². The summed E-state index contributed by atoms with van der Waals surface area (Å²) in [5.41, 5.74) is 7.73. The minimum absolute atomic E-state index is 0.0676. The summed E-state index contributed by atoms with van der Waals surface area (Å²) < 4.78 is 32.3. The average molecular weight is 388 g/mol. The van der Waals surface area contributed by atoms with Gasteiger partial charge in [0, 0.05) is 19.0 Å². The highest BCUT2D eigenvalue weighted by atomic mass is 32.2. The van der Waals surface area contributed by atoms with Crippen LogP contribution in [0, 0.1) is 5.92 Å². The van der Waals surface area contributed by atoms with E-state index in [-0.39, 0.29) is 23.2 Å². The van der Waals surface area contributed by atoms with Crippen molar-refractivity contribution >= 4 is 16.0 Å². The molecule has 144 valence electrons. The van der Waals surface area contributed by atoms with Gasteiger partial charge in [-0.2, -0.15) is 0 Å². The summed E-state index contributed by atoms with van der Waals surface area (Å²) in [6.45, 7) is 1.21. The SMILES string of the molecule is COC(=O)c1ccccc1CS(=O)(=O)N1C[C@@H](CN)[C@H](c2ccccc2)C1. The van der Waals surface area contributed by atoms with Crippen LogP contribution >= 0.6 is 0 Å². The molecule has 0 aromatic heterocycles. The van der Waals surface area contributed by atoms with E-state index >= 15 is 0 Å². The third-order valence-electron chi connectivity index (χ3n) is 5.09. The second kappa shape index (κ2) is 8.21. The van der Waals surface area contributed by atoms with E-state index in [4.69, 9.17) is 10.5 Å². The van der Waals surface area contributed by atoms with Gasteiger partial charge in [-0.1, -0.05) is 48.5 Å². The number of benzene rings is 2. The summed E-state index contributed by atoms with van der Waals surface area (Å²) in [6, 6.07) is 16.5. The van der Waals surface area contributed by atoms with Crippen LogP contribution in [0.25, 0.3) is 0 Å². The zero-order chi connectivity index (χ0) is 19.4. The van der Waals surface area contributed by atoms with Crippen LogP contribution < -0.4 is 5.73 Å². The summed E-state index contributed by atoms with van der Waals surface area (Å²) in [6.07, 6.45) is 0. The standard InChI is InChI=1S/C20H24N2O4S/c1-26-20(23)18-10-6-5-9-16(18)14-27(24,25)22-12-17(11-21)19(13-22)15-7-3-2-4-8-15/h2-10,17,19H,11-14,21H2,1H3/t17-,19+/m1/s1. The van der Waals surface area contributed by atoms with E-state index in [2.05, 4.69) is 0 Å².